The molecule has 0 saturated carbocycles. The Morgan fingerprint density at radius 2 is 2.47 bits per heavy atom. The lowest BCUT2D eigenvalue weighted by Gasteiger charge is -2.27. The third-order valence-corrected chi connectivity index (χ3v) is 3.47. The highest BCUT2D eigenvalue weighted by molar-refractivity contribution is 5.08. The summed E-state index contributed by atoms with van der Waals surface area (Å²) in [5.41, 5.74) is 1.33. The van der Waals surface area contributed by atoms with E-state index in [2.05, 4.69) is 28.3 Å². The van der Waals surface area contributed by atoms with Gasteiger partial charge in [0.05, 0.1) is 0 Å². The topological polar surface area (TPSA) is 28.2 Å². The molecule has 1 aliphatic rings. The fourth-order valence-corrected chi connectivity index (χ4v) is 2.48. The SMILES string of the molecule is CN(CCc1cccnc1)CC1CCCNC1. The fraction of sp³-hybridized carbons (Fsp3) is 0.643. The van der Waals surface area contributed by atoms with Gasteiger partial charge in [0, 0.05) is 25.5 Å². The largest absolute Gasteiger partial charge is 0.316 e. The first-order valence-electron chi connectivity index (χ1n) is 6.63. The number of likely N-dealkylation sites (N-methyl/N-ethyl adjacent to an activating group) is 1. The van der Waals surface area contributed by atoms with Crippen LogP contribution in [-0.2, 0) is 6.42 Å². The van der Waals surface area contributed by atoms with Gasteiger partial charge in [-0.1, -0.05) is 6.07 Å². The molecule has 1 aromatic rings. The van der Waals surface area contributed by atoms with Crippen molar-refractivity contribution in [2.75, 3.05) is 33.2 Å². The molecule has 94 valence electrons. The predicted molar refractivity (Wildman–Crippen MR) is 71.0 cm³/mol. The molecule has 0 aromatic carbocycles. The highest BCUT2D eigenvalue weighted by Crippen LogP contribution is 2.11. The zero-order valence-corrected chi connectivity index (χ0v) is 10.7. The smallest absolute Gasteiger partial charge is 0.0300 e. The number of piperidine rings is 1. The van der Waals surface area contributed by atoms with E-state index in [1.165, 1.54) is 38.0 Å². The van der Waals surface area contributed by atoms with Crippen molar-refractivity contribution in [2.24, 2.45) is 5.92 Å². The first-order chi connectivity index (χ1) is 8.34. The molecule has 2 rings (SSSR count). The minimum absolute atomic E-state index is 0.836. The van der Waals surface area contributed by atoms with Gasteiger partial charge in [0.25, 0.3) is 0 Å². The Morgan fingerprint density at radius 3 is 3.18 bits per heavy atom. The van der Waals surface area contributed by atoms with Crippen LogP contribution in [0.5, 0.6) is 0 Å². The zero-order chi connectivity index (χ0) is 11.9. The third kappa shape index (κ3) is 4.44. The minimum atomic E-state index is 0.836. The zero-order valence-electron chi connectivity index (χ0n) is 10.7. The minimum Gasteiger partial charge on any atom is -0.316 e. The normalized spacial score (nSPS) is 20.7. The van der Waals surface area contributed by atoms with Gasteiger partial charge in [0.2, 0.25) is 0 Å². The molecular formula is C14H23N3. The molecule has 1 saturated heterocycles. The van der Waals surface area contributed by atoms with Crippen molar-refractivity contribution >= 4 is 0 Å². The molecule has 17 heavy (non-hydrogen) atoms. The van der Waals surface area contributed by atoms with E-state index in [1.807, 2.05) is 18.5 Å². The summed E-state index contributed by atoms with van der Waals surface area (Å²) in [4.78, 5) is 6.60. The second-order valence-electron chi connectivity index (χ2n) is 5.09. The van der Waals surface area contributed by atoms with Crippen molar-refractivity contribution < 1.29 is 0 Å². The Hall–Kier alpha value is -0.930. The lowest BCUT2D eigenvalue weighted by Crippen LogP contribution is -2.37. The van der Waals surface area contributed by atoms with Crippen molar-refractivity contribution in [3.8, 4) is 0 Å². The summed E-state index contributed by atoms with van der Waals surface area (Å²) >= 11 is 0. The molecule has 1 fully saturated rings. The van der Waals surface area contributed by atoms with Crippen LogP contribution in [0.1, 0.15) is 18.4 Å². The maximum absolute atomic E-state index is 4.15. The summed E-state index contributed by atoms with van der Waals surface area (Å²) < 4.78 is 0. The molecule has 3 heteroatoms. The maximum Gasteiger partial charge on any atom is 0.0300 e. The molecule has 0 amide bonds. The van der Waals surface area contributed by atoms with Crippen LogP contribution in [0.25, 0.3) is 0 Å². The van der Waals surface area contributed by atoms with E-state index in [0.717, 1.165) is 18.9 Å². The van der Waals surface area contributed by atoms with E-state index in [0.29, 0.717) is 0 Å². The van der Waals surface area contributed by atoms with E-state index in [-0.39, 0.29) is 0 Å². The van der Waals surface area contributed by atoms with Crippen LogP contribution < -0.4 is 5.32 Å². The van der Waals surface area contributed by atoms with Gasteiger partial charge in [-0.15, -0.1) is 0 Å². The Balaban J connectivity index is 1.68. The molecule has 1 N–H and O–H groups in total. The Morgan fingerprint density at radius 1 is 1.53 bits per heavy atom. The van der Waals surface area contributed by atoms with Gasteiger partial charge in [-0.25, -0.2) is 0 Å². The second kappa shape index (κ2) is 6.72. The predicted octanol–water partition coefficient (Wildman–Crippen LogP) is 1.56. The Bertz CT molecular complexity index is 307. The summed E-state index contributed by atoms with van der Waals surface area (Å²) in [5, 5.41) is 3.48. The number of hydrogen-bond donors (Lipinski definition) is 1. The number of nitrogens with zero attached hydrogens (tertiary/aromatic N) is 2. The first-order valence-corrected chi connectivity index (χ1v) is 6.63. The number of aromatic nitrogens is 1. The quantitative estimate of drug-likeness (QED) is 0.836. The van der Waals surface area contributed by atoms with Crippen LogP contribution in [0.2, 0.25) is 0 Å². The Labute approximate surface area is 104 Å². The second-order valence-corrected chi connectivity index (χ2v) is 5.09. The van der Waals surface area contributed by atoms with Crippen LogP contribution in [0, 0.1) is 5.92 Å². The standard InChI is InChI=1S/C14H23N3/c1-17(12-14-5-3-8-16-11-14)9-6-13-4-2-7-15-10-13/h2,4,7,10,14,16H,3,5-6,8-9,11-12H2,1H3. The molecule has 0 aliphatic carbocycles. The van der Waals surface area contributed by atoms with Gasteiger partial charge in [-0.2, -0.15) is 0 Å². The number of rotatable bonds is 5. The van der Waals surface area contributed by atoms with E-state index in [9.17, 15) is 0 Å². The number of hydrogen-bond acceptors (Lipinski definition) is 3. The first kappa shape index (κ1) is 12.5. The van der Waals surface area contributed by atoms with Crippen LogP contribution in [-0.4, -0.2) is 43.1 Å². The monoisotopic (exact) mass is 233 g/mol. The van der Waals surface area contributed by atoms with Crippen LogP contribution in [0.4, 0.5) is 0 Å². The van der Waals surface area contributed by atoms with Gasteiger partial charge >= 0.3 is 0 Å². The van der Waals surface area contributed by atoms with Gasteiger partial charge in [-0.05, 0) is 56.9 Å². The third-order valence-electron chi connectivity index (χ3n) is 3.47. The van der Waals surface area contributed by atoms with E-state index in [1.54, 1.807) is 0 Å². The Kier molecular flexibility index (Phi) is 4.95. The van der Waals surface area contributed by atoms with Crippen molar-refractivity contribution in [1.29, 1.82) is 0 Å². The molecule has 1 aliphatic heterocycles. The highest BCUT2D eigenvalue weighted by Gasteiger charge is 2.14. The number of pyridine rings is 1. The fourth-order valence-electron chi connectivity index (χ4n) is 2.48. The average Bonchev–Trinajstić information content (AvgIpc) is 2.39. The molecule has 1 atom stereocenters. The molecule has 3 nitrogen and oxygen atoms in total. The molecular weight excluding hydrogens is 210 g/mol. The lowest BCUT2D eigenvalue weighted by atomic mass is 9.99. The van der Waals surface area contributed by atoms with Crippen LogP contribution in [0.3, 0.4) is 0 Å². The van der Waals surface area contributed by atoms with Gasteiger partial charge in [0.15, 0.2) is 0 Å². The summed E-state index contributed by atoms with van der Waals surface area (Å²) in [6.45, 7) is 4.74. The molecule has 0 spiro atoms. The van der Waals surface area contributed by atoms with Crippen LogP contribution >= 0.6 is 0 Å². The summed E-state index contributed by atoms with van der Waals surface area (Å²) in [6.07, 6.45) is 7.62. The molecule has 0 bridgehead atoms. The summed E-state index contributed by atoms with van der Waals surface area (Å²) in [5.74, 6) is 0.836. The maximum atomic E-state index is 4.15. The van der Waals surface area contributed by atoms with E-state index >= 15 is 0 Å². The van der Waals surface area contributed by atoms with E-state index < -0.39 is 0 Å². The van der Waals surface area contributed by atoms with Crippen molar-refractivity contribution in [3.05, 3.63) is 30.1 Å². The van der Waals surface area contributed by atoms with Crippen molar-refractivity contribution in [1.82, 2.24) is 15.2 Å². The van der Waals surface area contributed by atoms with Gasteiger partial charge < -0.3 is 10.2 Å². The van der Waals surface area contributed by atoms with Crippen molar-refractivity contribution in [3.63, 3.8) is 0 Å². The lowest BCUT2D eigenvalue weighted by molar-refractivity contribution is 0.245. The van der Waals surface area contributed by atoms with Crippen LogP contribution in [0.15, 0.2) is 24.5 Å². The molecule has 2 heterocycles. The molecule has 0 radical (unpaired) electrons. The average molecular weight is 233 g/mol. The van der Waals surface area contributed by atoms with Gasteiger partial charge in [-0.3, -0.25) is 4.98 Å². The summed E-state index contributed by atoms with van der Waals surface area (Å²) in [7, 11) is 2.23. The number of nitrogens with one attached hydrogen (secondary N) is 1. The molecule has 1 aromatic heterocycles. The highest BCUT2D eigenvalue weighted by atomic mass is 15.1. The van der Waals surface area contributed by atoms with E-state index in [4.69, 9.17) is 0 Å². The molecule has 1 unspecified atom stereocenters. The van der Waals surface area contributed by atoms with Crippen molar-refractivity contribution in [2.45, 2.75) is 19.3 Å². The van der Waals surface area contributed by atoms with Gasteiger partial charge in [0.1, 0.15) is 0 Å². The summed E-state index contributed by atoms with van der Waals surface area (Å²) in [6, 6.07) is 4.17.